The van der Waals surface area contributed by atoms with E-state index in [4.69, 9.17) is 38.9 Å². The zero-order valence-corrected chi connectivity index (χ0v) is 18.4. The maximum atomic E-state index is 11.1. The molecule has 0 radical (unpaired) electrons. The predicted octanol–water partition coefficient (Wildman–Crippen LogP) is 4.65. The first kappa shape index (κ1) is 21.7. The predicted molar refractivity (Wildman–Crippen MR) is 103 cm³/mol. The monoisotopic (exact) mass is 576 g/mol. The number of pyridine rings is 1. The third-order valence-corrected chi connectivity index (χ3v) is 4.49. The van der Waals surface area contributed by atoms with Gasteiger partial charge >= 0.3 is 0 Å². The van der Waals surface area contributed by atoms with Crippen LogP contribution in [0.2, 0.25) is 10.0 Å². The van der Waals surface area contributed by atoms with Gasteiger partial charge in [-0.1, -0.05) is 35.3 Å². The molecule has 0 atom stereocenters. The third kappa shape index (κ3) is 5.96. The maximum absolute atomic E-state index is 11.1. The van der Waals surface area contributed by atoms with Crippen molar-refractivity contribution in [1.29, 1.82) is 0 Å². The molecule has 1 saturated heterocycles. The Bertz CT molecular complexity index is 977. The second-order valence-electron chi connectivity index (χ2n) is 5.81. The van der Waals surface area contributed by atoms with E-state index in [0.29, 0.717) is 28.8 Å². The Labute approximate surface area is 180 Å². The van der Waals surface area contributed by atoms with Crippen molar-refractivity contribution in [2.45, 2.75) is 6.10 Å². The molecule has 0 saturated carbocycles. The summed E-state index contributed by atoms with van der Waals surface area (Å²) in [5, 5.41) is 12.1. The van der Waals surface area contributed by atoms with Crippen LogP contribution < -0.4 is 10.3 Å². The zero-order chi connectivity index (χ0) is 18.7. The minimum Gasteiger partial charge on any atom is -0.699 e. The molecule has 0 unspecified atom stereocenters. The first-order valence-electron chi connectivity index (χ1n) is 7.81. The van der Waals surface area contributed by atoms with Gasteiger partial charge < -0.3 is 20.7 Å². The standard InChI is InChI=1S/C12H12N2O3.C6H4Cl2N.W/c15-12-4-1-8-5-9(2-3-11(8)13-12)17-10-6-14(16)7-10;7-5-2-1-4(9)3-6(5)8;/h1-5,10,16H,6-7H2,(H,13,15);1-3,9H;/q;-1;. The fourth-order valence-electron chi connectivity index (χ4n) is 2.39. The van der Waals surface area contributed by atoms with E-state index in [2.05, 4.69) is 4.98 Å². The molecular weight excluding hydrogens is 561 g/mol. The first-order valence-corrected chi connectivity index (χ1v) is 8.56. The fourth-order valence-corrected chi connectivity index (χ4v) is 2.68. The van der Waals surface area contributed by atoms with Gasteiger partial charge in [0, 0.05) is 38.0 Å². The van der Waals surface area contributed by atoms with Gasteiger partial charge in [-0.25, -0.2) is 0 Å². The van der Waals surface area contributed by atoms with Gasteiger partial charge in [0.1, 0.15) is 11.9 Å². The number of hydroxylamine groups is 2. The number of aromatic nitrogens is 1. The number of fused-ring (bicyclic) bond motifs is 1. The van der Waals surface area contributed by atoms with Gasteiger partial charge in [0.25, 0.3) is 0 Å². The molecule has 1 fully saturated rings. The number of ether oxygens (including phenoxy) is 1. The van der Waals surface area contributed by atoms with Crippen molar-refractivity contribution in [1.82, 2.24) is 10.0 Å². The number of benzene rings is 2. The van der Waals surface area contributed by atoms with Crippen LogP contribution in [0.3, 0.4) is 0 Å². The van der Waals surface area contributed by atoms with E-state index in [-0.39, 0.29) is 32.7 Å². The normalized spacial score (nSPS) is 13.9. The summed E-state index contributed by atoms with van der Waals surface area (Å²) in [5.74, 6) is 0.752. The minimum atomic E-state index is -0.110. The molecule has 3 aromatic rings. The number of hydrogen-bond acceptors (Lipinski definition) is 4. The molecule has 4 rings (SSSR count). The number of aromatic amines is 1. The molecular formula is C18H16Cl2N3O3W-. The smallest absolute Gasteiger partial charge is 0.248 e. The molecule has 2 heterocycles. The average Bonchev–Trinajstić information content (AvgIpc) is 2.58. The number of halogens is 2. The molecule has 2 aromatic carbocycles. The van der Waals surface area contributed by atoms with Gasteiger partial charge in [-0.2, -0.15) is 5.06 Å². The van der Waals surface area contributed by atoms with Crippen LogP contribution >= 0.6 is 23.2 Å². The van der Waals surface area contributed by atoms with Crippen molar-refractivity contribution >= 4 is 39.8 Å². The van der Waals surface area contributed by atoms with E-state index in [1.165, 1.54) is 17.2 Å². The summed E-state index contributed by atoms with van der Waals surface area (Å²) in [6, 6.07) is 13.5. The average molecular weight is 577 g/mol. The van der Waals surface area contributed by atoms with Gasteiger partial charge in [-0.05, 0) is 30.3 Å². The summed E-state index contributed by atoms with van der Waals surface area (Å²) in [7, 11) is 0. The number of rotatable bonds is 2. The van der Waals surface area contributed by atoms with E-state index < -0.39 is 0 Å². The Kier molecular flexibility index (Phi) is 7.71. The van der Waals surface area contributed by atoms with Crippen molar-refractivity contribution < 1.29 is 31.0 Å². The molecule has 1 aliphatic heterocycles. The van der Waals surface area contributed by atoms with Gasteiger partial charge in [-0.3, -0.25) is 4.79 Å². The molecule has 0 bridgehead atoms. The van der Waals surface area contributed by atoms with Crippen LogP contribution in [0.1, 0.15) is 0 Å². The molecule has 6 nitrogen and oxygen atoms in total. The molecule has 1 aromatic heterocycles. The van der Waals surface area contributed by atoms with Crippen LogP contribution in [0.4, 0.5) is 5.69 Å². The third-order valence-electron chi connectivity index (χ3n) is 3.75. The van der Waals surface area contributed by atoms with E-state index in [1.807, 2.05) is 18.2 Å². The molecule has 142 valence electrons. The van der Waals surface area contributed by atoms with Crippen LogP contribution in [0.25, 0.3) is 16.6 Å². The molecule has 0 spiro atoms. The van der Waals surface area contributed by atoms with Crippen molar-refractivity contribution in [3.63, 3.8) is 0 Å². The van der Waals surface area contributed by atoms with Crippen LogP contribution in [0.15, 0.2) is 53.3 Å². The fraction of sp³-hybridized carbons (Fsp3) is 0.167. The Morgan fingerprint density at radius 2 is 1.81 bits per heavy atom. The second kappa shape index (κ2) is 9.58. The Hall–Kier alpha value is -1.56. The zero-order valence-electron chi connectivity index (χ0n) is 14.0. The van der Waals surface area contributed by atoms with E-state index in [0.717, 1.165) is 16.7 Å². The summed E-state index contributed by atoms with van der Waals surface area (Å²) in [6.07, 6.45) is 0.0419. The van der Waals surface area contributed by atoms with Crippen LogP contribution in [-0.2, 0) is 21.1 Å². The van der Waals surface area contributed by atoms with E-state index >= 15 is 0 Å². The Balaban J connectivity index is 0.000000224. The van der Waals surface area contributed by atoms with Crippen molar-refractivity contribution in [2.75, 3.05) is 13.1 Å². The van der Waals surface area contributed by atoms with Gasteiger partial charge in [0.2, 0.25) is 5.56 Å². The largest absolute Gasteiger partial charge is 0.699 e. The number of H-pyrrole nitrogens is 1. The second-order valence-corrected chi connectivity index (χ2v) is 6.63. The Morgan fingerprint density at radius 1 is 1.07 bits per heavy atom. The summed E-state index contributed by atoms with van der Waals surface area (Å²) in [4.78, 5) is 13.9. The topological polar surface area (TPSA) is 89.4 Å². The van der Waals surface area contributed by atoms with Gasteiger partial charge in [-0.15, -0.1) is 5.69 Å². The summed E-state index contributed by atoms with van der Waals surface area (Å²) >= 11 is 11.1. The molecule has 1 aliphatic rings. The molecule has 0 aliphatic carbocycles. The number of nitrogens with zero attached hydrogens (tertiary/aromatic N) is 1. The summed E-state index contributed by atoms with van der Waals surface area (Å²) in [5.41, 5.74) is 8.15. The molecule has 27 heavy (non-hydrogen) atoms. The molecule has 3 N–H and O–H groups in total. The van der Waals surface area contributed by atoms with Crippen LogP contribution in [-0.4, -0.2) is 34.4 Å². The maximum Gasteiger partial charge on any atom is 0.248 e. The molecule has 9 heteroatoms. The number of nitrogens with one attached hydrogen (secondary N) is 2. The van der Waals surface area contributed by atoms with Crippen molar-refractivity contribution in [3.05, 3.63) is 74.7 Å². The van der Waals surface area contributed by atoms with Gasteiger partial charge in [0.15, 0.2) is 0 Å². The minimum absolute atomic E-state index is 0. The summed E-state index contributed by atoms with van der Waals surface area (Å²) in [6.45, 7) is 1.06. The Morgan fingerprint density at radius 3 is 2.44 bits per heavy atom. The number of hydrogen-bond donors (Lipinski definition) is 2. The summed E-state index contributed by atoms with van der Waals surface area (Å²) < 4.78 is 5.67. The van der Waals surface area contributed by atoms with E-state index in [9.17, 15) is 4.79 Å². The van der Waals surface area contributed by atoms with E-state index in [1.54, 1.807) is 18.2 Å². The molecule has 0 amide bonds. The van der Waals surface area contributed by atoms with Crippen LogP contribution in [0.5, 0.6) is 5.75 Å². The van der Waals surface area contributed by atoms with Gasteiger partial charge in [0.05, 0.1) is 23.1 Å². The SMILES string of the molecule is O=c1ccc2cc(OC3CN(O)C3)ccc2[nH]1.[NH-]c1ccc(Cl)c(Cl)c1.[W]. The quantitative estimate of drug-likeness (QED) is 0.465. The van der Waals surface area contributed by atoms with Crippen molar-refractivity contribution in [2.24, 2.45) is 0 Å². The van der Waals surface area contributed by atoms with Crippen molar-refractivity contribution in [3.8, 4) is 5.75 Å². The van der Waals surface area contributed by atoms with Crippen LogP contribution in [0, 0.1) is 0 Å². The first-order chi connectivity index (χ1) is 12.4.